The maximum Gasteiger partial charge on any atom is 0.251 e. The minimum atomic E-state index is -3.68. The first-order chi connectivity index (χ1) is 16.0. The molecule has 0 aliphatic carbocycles. The molecule has 9 heteroatoms. The van der Waals surface area contributed by atoms with Crippen molar-refractivity contribution < 1.29 is 18.0 Å². The Bertz CT molecular complexity index is 1080. The molecular formula is C25H34N4O4S. The number of anilines is 2. The molecule has 0 unspecified atom stereocenters. The van der Waals surface area contributed by atoms with Crippen LogP contribution >= 0.6 is 0 Å². The molecule has 0 atom stereocenters. The fraction of sp³-hybridized carbons (Fsp3) is 0.440. The molecule has 0 bridgehead atoms. The van der Waals surface area contributed by atoms with Crippen LogP contribution in [0.3, 0.4) is 0 Å². The highest BCUT2D eigenvalue weighted by Crippen LogP contribution is 2.21. The Hall–Kier alpha value is -2.91. The molecule has 0 aromatic heterocycles. The summed E-state index contributed by atoms with van der Waals surface area (Å²) in [4.78, 5) is 27.1. The first-order valence-electron chi connectivity index (χ1n) is 11.6. The molecule has 0 spiro atoms. The second-order valence-corrected chi connectivity index (χ2v) is 11.2. The fourth-order valence-electron chi connectivity index (χ4n) is 3.80. The minimum absolute atomic E-state index is 0.0698. The van der Waals surface area contributed by atoms with E-state index in [4.69, 9.17) is 0 Å². The molecule has 184 valence electrons. The summed E-state index contributed by atoms with van der Waals surface area (Å²) in [6, 6.07) is 13.3. The van der Waals surface area contributed by atoms with Crippen molar-refractivity contribution in [2.75, 3.05) is 29.9 Å². The summed E-state index contributed by atoms with van der Waals surface area (Å²) >= 11 is 0. The van der Waals surface area contributed by atoms with Crippen LogP contribution in [0.5, 0.6) is 0 Å². The third-order valence-corrected chi connectivity index (χ3v) is 7.17. The number of nitrogens with one attached hydrogen (secondary N) is 3. The van der Waals surface area contributed by atoms with Gasteiger partial charge in [-0.2, -0.15) is 0 Å². The minimum Gasteiger partial charge on any atom is -0.372 e. The van der Waals surface area contributed by atoms with Crippen LogP contribution in [0.4, 0.5) is 11.4 Å². The fourth-order valence-corrected chi connectivity index (χ4v) is 5.22. The molecule has 8 nitrogen and oxygen atoms in total. The largest absolute Gasteiger partial charge is 0.372 e. The average molecular weight is 487 g/mol. The SMILES string of the molecule is CC(C)(C)NS(=O)(=O)c1ccc(C(=O)NCC(=O)Nc2ccc(N3CCCCCC3)cc2)cc1. The van der Waals surface area contributed by atoms with E-state index in [1.807, 2.05) is 24.3 Å². The maximum atomic E-state index is 12.4. The van der Waals surface area contributed by atoms with E-state index in [0.717, 1.165) is 18.8 Å². The van der Waals surface area contributed by atoms with Gasteiger partial charge in [0, 0.05) is 35.6 Å². The van der Waals surface area contributed by atoms with Crippen LogP contribution in [-0.4, -0.2) is 45.4 Å². The quantitative estimate of drug-likeness (QED) is 0.555. The van der Waals surface area contributed by atoms with Crippen LogP contribution in [0.2, 0.25) is 0 Å². The Morgan fingerprint density at radius 2 is 1.47 bits per heavy atom. The van der Waals surface area contributed by atoms with Crippen LogP contribution in [-0.2, 0) is 14.8 Å². The number of amides is 2. The summed E-state index contributed by atoms with van der Waals surface area (Å²) in [7, 11) is -3.68. The van der Waals surface area contributed by atoms with Crippen LogP contribution in [0.25, 0.3) is 0 Å². The van der Waals surface area contributed by atoms with Crippen LogP contribution in [0.15, 0.2) is 53.4 Å². The van der Waals surface area contributed by atoms with Gasteiger partial charge in [0.25, 0.3) is 5.91 Å². The van der Waals surface area contributed by atoms with Gasteiger partial charge in [-0.1, -0.05) is 12.8 Å². The molecule has 2 aromatic carbocycles. The topological polar surface area (TPSA) is 108 Å². The zero-order valence-electron chi connectivity index (χ0n) is 20.1. The summed E-state index contributed by atoms with van der Waals surface area (Å²) in [5.74, 6) is -0.802. The summed E-state index contributed by atoms with van der Waals surface area (Å²) in [6.45, 7) is 7.17. The van der Waals surface area contributed by atoms with E-state index in [-0.39, 0.29) is 22.9 Å². The normalized spacial score (nSPS) is 14.9. The van der Waals surface area contributed by atoms with Crippen molar-refractivity contribution in [1.29, 1.82) is 0 Å². The third-order valence-electron chi connectivity index (χ3n) is 5.40. The zero-order chi connectivity index (χ0) is 24.8. The molecule has 2 aromatic rings. The molecule has 3 rings (SSSR count). The van der Waals surface area contributed by atoms with Crippen molar-refractivity contribution in [3.8, 4) is 0 Å². The van der Waals surface area contributed by atoms with Gasteiger partial charge >= 0.3 is 0 Å². The summed E-state index contributed by atoms with van der Waals surface area (Å²) in [5.41, 5.74) is 1.47. The van der Waals surface area contributed by atoms with E-state index < -0.39 is 21.5 Å². The summed E-state index contributed by atoms with van der Waals surface area (Å²) in [6.07, 6.45) is 4.94. The lowest BCUT2D eigenvalue weighted by atomic mass is 10.1. The number of hydrogen-bond donors (Lipinski definition) is 3. The number of nitrogens with zero attached hydrogens (tertiary/aromatic N) is 1. The van der Waals surface area contributed by atoms with Crippen LogP contribution in [0, 0.1) is 0 Å². The molecule has 1 heterocycles. The van der Waals surface area contributed by atoms with Gasteiger partial charge in [0.1, 0.15) is 0 Å². The van der Waals surface area contributed by atoms with E-state index in [1.165, 1.54) is 49.9 Å². The highest BCUT2D eigenvalue weighted by Gasteiger charge is 2.22. The number of rotatable bonds is 7. The highest BCUT2D eigenvalue weighted by molar-refractivity contribution is 7.89. The zero-order valence-corrected chi connectivity index (χ0v) is 20.9. The van der Waals surface area contributed by atoms with Gasteiger partial charge in [0.05, 0.1) is 11.4 Å². The number of benzene rings is 2. The van der Waals surface area contributed by atoms with Crippen molar-refractivity contribution >= 4 is 33.2 Å². The van der Waals surface area contributed by atoms with E-state index >= 15 is 0 Å². The number of sulfonamides is 1. The summed E-state index contributed by atoms with van der Waals surface area (Å²) in [5, 5.41) is 5.34. The van der Waals surface area contributed by atoms with Crippen LogP contribution in [0.1, 0.15) is 56.8 Å². The first kappa shape index (κ1) is 25.7. The standard InChI is InChI=1S/C25H34N4O4S/c1-25(2,3)28-34(32,33)22-14-8-19(9-15-22)24(31)26-18-23(30)27-20-10-12-21(13-11-20)29-16-6-4-5-7-17-29/h8-15,28H,4-7,16-18H2,1-3H3,(H,26,31)(H,27,30). The van der Waals surface area contributed by atoms with Gasteiger partial charge in [0.15, 0.2) is 0 Å². The van der Waals surface area contributed by atoms with Crippen molar-refractivity contribution in [3.63, 3.8) is 0 Å². The maximum absolute atomic E-state index is 12.4. The van der Waals surface area contributed by atoms with Gasteiger partial charge in [-0.25, -0.2) is 13.1 Å². The van der Waals surface area contributed by atoms with E-state index in [9.17, 15) is 18.0 Å². The molecule has 3 N–H and O–H groups in total. The predicted octanol–water partition coefficient (Wildman–Crippen LogP) is 3.51. The summed E-state index contributed by atoms with van der Waals surface area (Å²) < 4.78 is 27.3. The van der Waals surface area contributed by atoms with Crippen molar-refractivity contribution in [2.45, 2.75) is 56.9 Å². The molecule has 1 saturated heterocycles. The lowest BCUT2D eigenvalue weighted by molar-refractivity contribution is -0.115. The van der Waals surface area contributed by atoms with E-state index in [2.05, 4.69) is 20.3 Å². The average Bonchev–Trinajstić information content (AvgIpc) is 3.06. The molecule has 34 heavy (non-hydrogen) atoms. The van der Waals surface area contributed by atoms with Crippen molar-refractivity contribution in [3.05, 3.63) is 54.1 Å². The first-order valence-corrected chi connectivity index (χ1v) is 13.1. The lowest BCUT2D eigenvalue weighted by Gasteiger charge is -2.22. The predicted molar refractivity (Wildman–Crippen MR) is 135 cm³/mol. The molecule has 1 aliphatic rings. The van der Waals surface area contributed by atoms with Crippen LogP contribution < -0.4 is 20.3 Å². The van der Waals surface area contributed by atoms with Gasteiger partial charge < -0.3 is 15.5 Å². The Labute approximate surface area is 202 Å². The van der Waals surface area contributed by atoms with E-state index in [0.29, 0.717) is 5.69 Å². The Kier molecular flexibility index (Phi) is 8.33. The molecule has 1 aliphatic heterocycles. The number of hydrogen-bond acceptors (Lipinski definition) is 5. The van der Waals surface area contributed by atoms with Gasteiger partial charge in [-0.15, -0.1) is 0 Å². The molecular weight excluding hydrogens is 452 g/mol. The Morgan fingerprint density at radius 1 is 0.882 bits per heavy atom. The Morgan fingerprint density at radius 3 is 2.03 bits per heavy atom. The second kappa shape index (κ2) is 11.0. The highest BCUT2D eigenvalue weighted by atomic mass is 32.2. The molecule has 0 radical (unpaired) electrons. The van der Waals surface area contributed by atoms with Crippen molar-refractivity contribution in [1.82, 2.24) is 10.0 Å². The second-order valence-electron chi connectivity index (χ2n) is 9.56. The van der Waals surface area contributed by atoms with Gasteiger partial charge in [0.2, 0.25) is 15.9 Å². The number of carbonyl (C=O) groups is 2. The molecule has 1 fully saturated rings. The van der Waals surface area contributed by atoms with E-state index in [1.54, 1.807) is 20.8 Å². The van der Waals surface area contributed by atoms with Gasteiger partial charge in [-0.3, -0.25) is 9.59 Å². The monoisotopic (exact) mass is 486 g/mol. The smallest absolute Gasteiger partial charge is 0.251 e. The van der Waals surface area contributed by atoms with Gasteiger partial charge in [-0.05, 0) is 82.1 Å². The molecule has 2 amide bonds. The Balaban J connectivity index is 1.50. The third kappa shape index (κ3) is 7.56. The van der Waals surface area contributed by atoms with Crippen molar-refractivity contribution in [2.24, 2.45) is 0 Å². The number of carbonyl (C=O) groups excluding carboxylic acids is 2. The lowest BCUT2D eigenvalue weighted by Crippen LogP contribution is -2.40. The molecule has 0 saturated carbocycles.